The number of fused-ring (bicyclic) bond motifs is 5. The number of rotatable bonds is 4. The molecule has 0 N–H and O–H groups in total. The van der Waals surface area contributed by atoms with Crippen LogP contribution in [-0.4, -0.2) is 62.5 Å². The van der Waals surface area contributed by atoms with Gasteiger partial charge in [0.2, 0.25) is 5.91 Å². The largest absolute Gasteiger partial charge is 0.340 e. The molecule has 0 saturated carbocycles. The highest BCUT2D eigenvalue weighted by Crippen LogP contribution is 2.35. The topological polar surface area (TPSA) is 76.3 Å². The highest BCUT2D eigenvalue weighted by atomic mass is 16.2. The lowest BCUT2D eigenvalue weighted by atomic mass is 9.83. The smallest absolute Gasteiger partial charge is 0.255 e. The fourth-order valence-electron chi connectivity index (χ4n) is 4.85. The van der Waals surface area contributed by atoms with Crippen LogP contribution in [0.1, 0.15) is 23.6 Å². The van der Waals surface area contributed by atoms with Gasteiger partial charge in [-0.2, -0.15) is 15.0 Å². The molecular formula is C22H26N6O2. The van der Waals surface area contributed by atoms with E-state index >= 15 is 0 Å². The Morgan fingerprint density at radius 1 is 1.07 bits per heavy atom. The summed E-state index contributed by atoms with van der Waals surface area (Å²) in [5, 5.41) is 8.82. The summed E-state index contributed by atoms with van der Waals surface area (Å²) in [5.41, 5.74) is 3.58. The molecule has 1 saturated heterocycles. The molecule has 8 nitrogen and oxygen atoms in total. The molecule has 156 valence electrons. The molecule has 2 atom stereocenters. The summed E-state index contributed by atoms with van der Waals surface area (Å²) in [6.07, 6.45) is 1.03. The molecule has 1 amide bonds. The monoisotopic (exact) mass is 406 g/mol. The van der Waals surface area contributed by atoms with Gasteiger partial charge in [0.15, 0.2) is 0 Å². The van der Waals surface area contributed by atoms with Crippen molar-refractivity contribution in [2.45, 2.75) is 32.0 Å². The van der Waals surface area contributed by atoms with Gasteiger partial charge in [-0.3, -0.25) is 9.59 Å². The van der Waals surface area contributed by atoms with Gasteiger partial charge in [0.25, 0.3) is 5.56 Å². The number of piperidine rings is 1. The minimum absolute atomic E-state index is 0.0324. The van der Waals surface area contributed by atoms with E-state index in [0.717, 1.165) is 28.7 Å². The normalized spacial score (nSPS) is 20.6. The minimum Gasteiger partial charge on any atom is -0.340 e. The molecular weight excluding hydrogens is 380 g/mol. The van der Waals surface area contributed by atoms with Crippen molar-refractivity contribution in [3.63, 3.8) is 0 Å². The summed E-state index contributed by atoms with van der Waals surface area (Å²) < 4.78 is 1.95. The summed E-state index contributed by atoms with van der Waals surface area (Å²) >= 11 is 0. The van der Waals surface area contributed by atoms with Crippen LogP contribution >= 0.6 is 0 Å². The van der Waals surface area contributed by atoms with Gasteiger partial charge >= 0.3 is 0 Å². The lowest BCUT2D eigenvalue weighted by Gasteiger charge is -2.43. The Labute approximate surface area is 174 Å². The maximum atomic E-state index is 13.0. The van der Waals surface area contributed by atoms with Crippen LogP contribution in [0.2, 0.25) is 0 Å². The van der Waals surface area contributed by atoms with E-state index in [0.29, 0.717) is 32.1 Å². The number of hydrogen-bond acceptors (Lipinski definition) is 5. The summed E-state index contributed by atoms with van der Waals surface area (Å²) in [6.45, 7) is 2.79. The number of likely N-dealkylation sites (tertiary alicyclic amines) is 1. The van der Waals surface area contributed by atoms with Crippen molar-refractivity contribution in [2.24, 2.45) is 5.92 Å². The number of carbonyl (C=O) groups excluding carboxylic acids is 1. The predicted molar refractivity (Wildman–Crippen MR) is 113 cm³/mol. The molecule has 2 aliphatic heterocycles. The summed E-state index contributed by atoms with van der Waals surface area (Å²) in [5.74, 6) is 0.536. The van der Waals surface area contributed by atoms with Crippen molar-refractivity contribution >= 4 is 16.9 Å². The second-order valence-corrected chi connectivity index (χ2v) is 8.75. The van der Waals surface area contributed by atoms with Crippen LogP contribution in [-0.2, 0) is 24.4 Å². The van der Waals surface area contributed by atoms with Crippen LogP contribution in [0.5, 0.6) is 0 Å². The lowest BCUT2D eigenvalue weighted by molar-refractivity contribution is -0.135. The number of nitrogens with zero attached hydrogens (tertiary/aromatic N) is 6. The molecule has 1 fully saturated rings. The third-order valence-electron chi connectivity index (χ3n) is 6.13. The van der Waals surface area contributed by atoms with Gasteiger partial charge in [-0.25, -0.2) is 0 Å². The van der Waals surface area contributed by atoms with E-state index in [1.54, 1.807) is 0 Å². The molecule has 2 aromatic heterocycles. The first-order valence-corrected chi connectivity index (χ1v) is 10.4. The number of amides is 1. The van der Waals surface area contributed by atoms with Gasteiger partial charge in [0.1, 0.15) is 17.6 Å². The molecule has 2 aliphatic rings. The van der Waals surface area contributed by atoms with E-state index in [9.17, 15) is 9.59 Å². The van der Waals surface area contributed by atoms with Crippen molar-refractivity contribution in [3.8, 4) is 0 Å². The molecule has 0 radical (unpaired) electrons. The quantitative estimate of drug-likeness (QED) is 0.653. The Bertz CT molecular complexity index is 1130. The predicted octanol–water partition coefficient (Wildman–Crippen LogP) is 1.30. The Hall–Kier alpha value is -3.00. The Balaban J connectivity index is 1.35. The average Bonchev–Trinajstić information content (AvgIpc) is 3.12. The van der Waals surface area contributed by atoms with Crippen molar-refractivity contribution in [1.82, 2.24) is 29.4 Å². The number of benzene rings is 1. The molecule has 30 heavy (non-hydrogen) atoms. The second kappa shape index (κ2) is 7.36. The van der Waals surface area contributed by atoms with E-state index in [4.69, 9.17) is 0 Å². The van der Waals surface area contributed by atoms with E-state index in [1.807, 2.05) is 58.8 Å². The average molecular weight is 406 g/mol. The van der Waals surface area contributed by atoms with Crippen molar-refractivity contribution in [1.29, 1.82) is 0 Å². The summed E-state index contributed by atoms with van der Waals surface area (Å²) in [7, 11) is 3.94. The van der Waals surface area contributed by atoms with Crippen LogP contribution in [0.25, 0.3) is 11.0 Å². The van der Waals surface area contributed by atoms with E-state index in [-0.39, 0.29) is 23.9 Å². The number of pyridine rings is 1. The Kier molecular flexibility index (Phi) is 4.66. The molecule has 1 aromatic carbocycles. The fourth-order valence-corrected chi connectivity index (χ4v) is 4.85. The number of aromatic nitrogens is 4. The number of hydrogen-bond donors (Lipinski definition) is 0. The first-order chi connectivity index (χ1) is 14.5. The van der Waals surface area contributed by atoms with Crippen LogP contribution in [0.4, 0.5) is 0 Å². The third kappa shape index (κ3) is 3.41. The molecule has 2 bridgehead atoms. The molecule has 4 heterocycles. The van der Waals surface area contributed by atoms with E-state index < -0.39 is 0 Å². The first kappa shape index (κ1) is 19.0. The Morgan fingerprint density at radius 2 is 1.80 bits per heavy atom. The highest BCUT2D eigenvalue weighted by molar-refractivity contribution is 5.77. The molecule has 0 spiro atoms. The molecule has 8 heteroatoms. The van der Waals surface area contributed by atoms with Crippen LogP contribution in [0, 0.1) is 5.92 Å². The van der Waals surface area contributed by atoms with Crippen LogP contribution < -0.4 is 5.56 Å². The van der Waals surface area contributed by atoms with Crippen LogP contribution in [0.15, 0.2) is 41.2 Å². The SMILES string of the molecule is CN(C)Cc1ccc2n(c1=O)C[C@H]1C[C@@H]2CN(C(=O)Cn2nc3ccccc3n2)C1. The second-order valence-electron chi connectivity index (χ2n) is 8.75. The molecule has 3 aromatic rings. The van der Waals surface area contributed by atoms with Gasteiger partial charge in [-0.15, -0.1) is 0 Å². The fraction of sp³-hybridized carbons (Fsp3) is 0.455. The zero-order chi connectivity index (χ0) is 20.8. The van der Waals surface area contributed by atoms with Crippen molar-refractivity contribution in [2.75, 3.05) is 27.2 Å². The maximum absolute atomic E-state index is 13.0. The van der Waals surface area contributed by atoms with Gasteiger partial charge in [0, 0.05) is 43.4 Å². The zero-order valence-corrected chi connectivity index (χ0v) is 17.4. The standard InChI is InChI=1S/C22H26N6O2/c1-25(2)12-16-7-8-20-17-9-15(11-27(20)22(16)30)10-26(13-17)21(29)14-28-23-18-5-3-4-6-19(18)24-28/h3-8,15,17H,9-14H2,1-2H3/t15-,17+/m0/s1. The van der Waals surface area contributed by atoms with Crippen molar-refractivity contribution in [3.05, 3.63) is 58.0 Å². The third-order valence-corrected chi connectivity index (χ3v) is 6.13. The van der Waals surface area contributed by atoms with Crippen molar-refractivity contribution < 1.29 is 4.79 Å². The van der Waals surface area contributed by atoms with E-state index in [2.05, 4.69) is 16.3 Å². The summed E-state index contributed by atoms with van der Waals surface area (Å²) in [4.78, 5) is 31.4. The maximum Gasteiger partial charge on any atom is 0.255 e. The van der Waals surface area contributed by atoms with Gasteiger partial charge in [-0.05, 0) is 44.6 Å². The lowest BCUT2D eigenvalue weighted by Crippen LogP contribution is -2.50. The molecule has 5 rings (SSSR count). The van der Waals surface area contributed by atoms with Gasteiger partial charge < -0.3 is 14.4 Å². The van der Waals surface area contributed by atoms with Gasteiger partial charge in [0.05, 0.1) is 0 Å². The first-order valence-electron chi connectivity index (χ1n) is 10.4. The number of carbonyl (C=O) groups is 1. The Morgan fingerprint density at radius 3 is 2.50 bits per heavy atom. The van der Waals surface area contributed by atoms with E-state index in [1.165, 1.54) is 4.80 Å². The highest BCUT2D eigenvalue weighted by Gasteiger charge is 2.36. The molecule has 0 aliphatic carbocycles. The van der Waals surface area contributed by atoms with Crippen LogP contribution in [0.3, 0.4) is 0 Å². The zero-order valence-electron chi connectivity index (χ0n) is 17.4. The summed E-state index contributed by atoms with van der Waals surface area (Å²) in [6, 6.07) is 11.7. The molecule has 0 unspecified atom stereocenters. The minimum atomic E-state index is 0.0324. The van der Waals surface area contributed by atoms with Gasteiger partial charge in [-0.1, -0.05) is 18.2 Å².